The van der Waals surface area contributed by atoms with Gasteiger partial charge in [-0.1, -0.05) is 20.8 Å². The third kappa shape index (κ3) is 4.93. The Labute approximate surface area is 100 Å². The number of carbonyl (C=O) groups is 2. The van der Waals surface area contributed by atoms with Gasteiger partial charge in [0.05, 0.1) is 6.61 Å². The van der Waals surface area contributed by atoms with Gasteiger partial charge < -0.3 is 9.53 Å². The molecule has 0 saturated carbocycles. The molecule has 0 heterocycles. The molecule has 0 saturated heterocycles. The van der Waals surface area contributed by atoms with Crippen LogP contribution < -0.4 is 0 Å². The van der Waals surface area contributed by atoms with Crippen molar-refractivity contribution in [2.45, 2.75) is 46.1 Å². The van der Waals surface area contributed by atoms with Crippen molar-refractivity contribution in [1.82, 2.24) is 0 Å². The van der Waals surface area contributed by atoms with Gasteiger partial charge in [0.15, 0.2) is 0 Å². The summed E-state index contributed by atoms with van der Waals surface area (Å²) in [6, 6.07) is 0. The SMILES string of the molecule is CC(C)(C)COC(=O)C(C)(CCC=O)[N+](=O)[O-]. The number of hydrogen-bond acceptors (Lipinski definition) is 5. The van der Waals surface area contributed by atoms with Gasteiger partial charge in [0.1, 0.15) is 6.29 Å². The van der Waals surface area contributed by atoms with Crippen LogP contribution in [-0.2, 0) is 14.3 Å². The van der Waals surface area contributed by atoms with E-state index in [1.807, 2.05) is 20.8 Å². The minimum absolute atomic E-state index is 0.0396. The van der Waals surface area contributed by atoms with Crippen molar-refractivity contribution in [2.75, 3.05) is 6.61 Å². The molecule has 0 N–H and O–H groups in total. The van der Waals surface area contributed by atoms with Crippen LogP contribution in [0.1, 0.15) is 40.5 Å². The van der Waals surface area contributed by atoms with Gasteiger partial charge in [0, 0.05) is 24.7 Å². The van der Waals surface area contributed by atoms with Crippen LogP contribution in [0.25, 0.3) is 0 Å². The highest BCUT2D eigenvalue weighted by molar-refractivity contribution is 5.79. The summed E-state index contributed by atoms with van der Waals surface area (Å²) in [6.45, 7) is 6.86. The normalized spacial score (nSPS) is 14.8. The number of nitrogens with zero attached hydrogens (tertiary/aromatic N) is 1. The first-order valence-corrected chi connectivity index (χ1v) is 5.39. The molecule has 98 valence electrons. The zero-order valence-electron chi connectivity index (χ0n) is 10.7. The maximum Gasteiger partial charge on any atom is 0.384 e. The summed E-state index contributed by atoms with van der Waals surface area (Å²) in [7, 11) is 0. The lowest BCUT2D eigenvalue weighted by Crippen LogP contribution is -2.45. The molecule has 0 aromatic carbocycles. The summed E-state index contributed by atoms with van der Waals surface area (Å²) in [5.41, 5.74) is -2.09. The average Bonchev–Trinajstić information content (AvgIpc) is 2.21. The highest BCUT2D eigenvalue weighted by atomic mass is 16.6. The molecule has 0 radical (unpaired) electrons. The van der Waals surface area contributed by atoms with Crippen LogP contribution in [0, 0.1) is 15.5 Å². The van der Waals surface area contributed by atoms with Crippen LogP contribution in [0.5, 0.6) is 0 Å². The lowest BCUT2D eigenvalue weighted by molar-refractivity contribution is -0.551. The van der Waals surface area contributed by atoms with Crippen molar-refractivity contribution in [2.24, 2.45) is 5.41 Å². The summed E-state index contributed by atoms with van der Waals surface area (Å²) in [5, 5.41) is 10.9. The van der Waals surface area contributed by atoms with E-state index in [4.69, 9.17) is 4.74 Å². The predicted octanol–water partition coefficient (Wildman–Crippen LogP) is 1.59. The average molecular weight is 245 g/mol. The first-order valence-electron chi connectivity index (χ1n) is 5.39. The Balaban J connectivity index is 4.66. The van der Waals surface area contributed by atoms with Gasteiger partial charge in [-0.05, 0) is 5.41 Å². The van der Waals surface area contributed by atoms with E-state index in [0.29, 0.717) is 6.29 Å². The van der Waals surface area contributed by atoms with E-state index in [1.54, 1.807) is 0 Å². The van der Waals surface area contributed by atoms with Crippen molar-refractivity contribution >= 4 is 12.3 Å². The quantitative estimate of drug-likeness (QED) is 0.307. The summed E-state index contributed by atoms with van der Waals surface area (Å²) >= 11 is 0. The maximum absolute atomic E-state index is 11.7. The molecule has 0 rings (SSSR count). The van der Waals surface area contributed by atoms with Gasteiger partial charge in [-0.2, -0.15) is 0 Å². The van der Waals surface area contributed by atoms with Gasteiger partial charge in [-0.25, -0.2) is 4.79 Å². The van der Waals surface area contributed by atoms with Gasteiger partial charge in [0.25, 0.3) is 0 Å². The Kier molecular flexibility index (Phi) is 5.25. The van der Waals surface area contributed by atoms with Crippen LogP contribution >= 0.6 is 0 Å². The van der Waals surface area contributed by atoms with E-state index in [2.05, 4.69) is 0 Å². The number of aldehydes is 1. The Bertz CT molecular complexity index is 307. The topological polar surface area (TPSA) is 86.5 Å². The van der Waals surface area contributed by atoms with Crippen LogP contribution in [0.15, 0.2) is 0 Å². The fourth-order valence-corrected chi connectivity index (χ4v) is 1.05. The smallest absolute Gasteiger partial charge is 0.384 e. The summed E-state index contributed by atoms with van der Waals surface area (Å²) < 4.78 is 4.93. The van der Waals surface area contributed by atoms with Crippen molar-refractivity contribution < 1.29 is 19.2 Å². The molecule has 0 fully saturated rings. The highest BCUT2D eigenvalue weighted by Crippen LogP contribution is 2.21. The monoisotopic (exact) mass is 245 g/mol. The molecule has 0 bridgehead atoms. The summed E-state index contributed by atoms with van der Waals surface area (Å²) in [5.74, 6) is -0.890. The number of esters is 1. The Morgan fingerprint density at radius 2 is 1.88 bits per heavy atom. The van der Waals surface area contributed by atoms with Crippen molar-refractivity contribution in [3.8, 4) is 0 Å². The molecule has 6 nitrogen and oxygen atoms in total. The maximum atomic E-state index is 11.7. The first-order chi connectivity index (χ1) is 7.63. The largest absolute Gasteiger partial charge is 0.460 e. The second kappa shape index (κ2) is 5.75. The third-order valence-corrected chi connectivity index (χ3v) is 2.23. The Morgan fingerprint density at radius 3 is 2.24 bits per heavy atom. The second-order valence-electron chi connectivity index (χ2n) is 5.37. The zero-order valence-corrected chi connectivity index (χ0v) is 10.7. The molecule has 0 aliphatic rings. The van der Waals surface area contributed by atoms with Gasteiger partial charge >= 0.3 is 11.5 Å². The van der Waals surface area contributed by atoms with E-state index < -0.39 is 16.4 Å². The molecule has 1 atom stereocenters. The van der Waals surface area contributed by atoms with Gasteiger partial charge in [-0.3, -0.25) is 10.1 Å². The van der Waals surface area contributed by atoms with E-state index in [0.717, 1.165) is 0 Å². The second-order valence-corrected chi connectivity index (χ2v) is 5.37. The van der Waals surface area contributed by atoms with Crippen LogP contribution in [0.2, 0.25) is 0 Å². The fourth-order valence-electron chi connectivity index (χ4n) is 1.05. The van der Waals surface area contributed by atoms with E-state index in [-0.39, 0.29) is 24.9 Å². The lowest BCUT2D eigenvalue weighted by atomic mass is 9.96. The minimum atomic E-state index is -1.84. The molecule has 0 aliphatic heterocycles. The molecule has 1 unspecified atom stereocenters. The zero-order chi connectivity index (χ0) is 13.7. The molecule has 6 heteroatoms. The third-order valence-electron chi connectivity index (χ3n) is 2.23. The molecule has 0 amide bonds. The number of nitro groups is 1. The number of hydrogen-bond donors (Lipinski definition) is 0. The van der Waals surface area contributed by atoms with Crippen LogP contribution in [0.4, 0.5) is 0 Å². The summed E-state index contributed by atoms with van der Waals surface area (Å²) in [6.07, 6.45) is 0.368. The van der Waals surface area contributed by atoms with Gasteiger partial charge in [-0.15, -0.1) is 0 Å². The molecule has 0 aliphatic carbocycles. The van der Waals surface area contributed by atoms with Crippen molar-refractivity contribution in [1.29, 1.82) is 0 Å². The number of ether oxygens (including phenoxy) is 1. The number of carbonyl (C=O) groups excluding carboxylic acids is 2. The highest BCUT2D eigenvalue weighted by Gasteiger charge is 2.47. The van der Waals surface area contributed by atoms with Gasteiger partial charge in [0.2, 0.25) is 0 Å². The molecule has 0 spiro atoms. The van der Waals surface area contributed by atoms with Crippen molar-refractivity contribution in [3.63, 3.8) is 0 Å². The van der Waals surface area contributed by atoms with Crippen LogP contribution in [-0.4, -0.2) is 29.3 Å². The first kappa shape index (κ1) is 15.5. The minimum Gasteiger partial charge on any atom is -0.460 e. The lowest BCUT2D eigenvalue weighted by Gasteiger charge is -2.22. The molecule has 17 heavy (non-hydrogen) atoms. The molecule has 0 aromatic heterocycles. The summed E-state index contributed by atoms with van der Waals surface area (Å²) in [4.78, 5) is 32.1. The fraction of sp³-hybridized carbons (Fsp3) is 0.818. The van der Waals surface area contributed by atoms with Crippen LogP contribution in [0.3, 0.4) is 0 Å². The molecular weight excluding hydrogens is 226 g/mol. The standard InChI is InChI=1S/C11H19NO5/c1-10(2,3)8-17-9(14)11(4,12(15)16)6-5-7-13/h7H,5-6,8H2,1-4H3. The van der Waals surface area contributed by atoms with Crippen molar-refractivity contribution in [3.05, 3.63) is 10.1 Å². The number of rotatable bonds is 6. The van der Waals surface area contributed by atoms with E-state index in [9.17, 15) is 19.7 Å². The van der Waals surface area contributed by atoms with E-state index in [1.165, 1.54) is 6.92 Å². The Morgan fingerprint density at radius 1 is 1.35 bits per heavy atom. The van der Waals surface area contributed by atoms with E-state index >= 15 is 0 Å². The predicted molar refractivity (Wildman–Crippen MR) is 61.1 cm³/mol. The molecule has 0 aromatic rings. The molecular formula is C11H19NO5. The Hall–Kier alpha value is -1.46.